The van der Waals surface area contributed by atoms with Crippen LogP contribution in [0.5, 0.6) is 0 Å². The Morgan fingerprint density at radius 3 is 1.69 bits per heavy atom. The van der Waals surface area contributed by atoms with E-state index >= 15 is 0 Å². The van der Waals surface area contributed by atoms with Crippen LogP contribution in [-0.2, 0) is 0 Å². The molecule has 0 aliphatic rings. The third-order valence-corrected chi connectivity index (χ3v) is 0.918. The van der Waals surface area contributed by atoms with Gasteiger partial charge in [0.25, 0.3) is 0 Å². The van der Waals surface area contributed by atoms with Gasteiger partial charge in [-0.3, -0.25) is 18.9 Å². The first-order valence-corrected chi connectivity index (χ1v) is 3.07. The van der Waals surface area contributed by atoms with Crippen LogP contribution in [0.3, 0.4) is 0 Å². The van der Waals surface area contributed by atoms with Gasteiger partial charge in [0, 0.05) is 0 Å². The Balaban J connectivity index is 0. The predicted octanol–water partition coefficient (Wildman–Crippen LogP) is -0.492. The standard InChI is InChI=1S/C8H5.BF3.K/c1-2-8-6-4-3-5-7-8;2-1(3)4;/h3-7H;;/q-1;;+1. The van der Waals surface area contributed by atoms with Crippen LogP contribution in [-0.4, -0.2) is 7.54 Å². The molecular formula is C8H5BF3K. The van der Waals surface area contributed by atoms with E-state index in [1.165, 1.54) is 0 Å². The molecule has 0 unspecified atom stereocenters. The van der Waals surface area contributed by atoms with Crippen molar-refractivity contribution in [2.75, 3.05) is 0 Å². The molecule has 0 atom stereocenters. The average molecular weight is 208 g/mol. The molecule has 0 radical (unpaired) electrons. The molecule has 0 spiro atoms. The molecule has 0 aliphatic carbocycles. The molecule has 0 heterocycles. The zero-order valence-corrected chi connectivity index (χ0v) is 10.2. The van der Waals surface area contributed by atoms with Gasteiger partial charge in [0.2, 0.25) is 0 Å². The van der Waals surface area contributed by atoms with Crippen LogP contribution in [0.25, 0.3) is 0 Å². The number of hydrogen-bond acceptors (Lipinski definition) is 0. The van der Waals surface area contributed by atoms with E-state index in [4.69, 9.17) is 6.42 Å². The average Bonchev–Trinajstić information content (AvgIpc) is 2.05. The first-order valence-electron chi connectivity index (χ1n) is 3.07. The predicted molar refractivity (Wildman–Crippen MR) is 41.8 cm³/mol. The maximum absolute atomic E-state index is 9.67. The number of halogens is 3. The summed E-state index contributed by atoms with van der Waals surface area (Å²) in [6.45, 7) is 0. The van der Waals surface area contributed by atoms with Gasteiger partial charge < -0.3 is 6.42 Å². The molecule has 1 aromatic rings. The minimum absolute atomic E-state index is 0. The van der Waals surface area contributed by atoms with Gasteiger partial charge in [-0.15, -0.1) is 17.7 Å². The largest absolute Gasteiger partial charge is 1.00 e. The Hall–Kier alpha value is 0.271. The smallest absolute Gasteiger partial charge is 0.366 e. The van der Waals surface area contributed by atoms with Crippen molar-refractivity contribution in [2.24, 2.45) is 0 Å². The molecule has 5 heteroatoms. The molecule has 1 aromatic carbocycles. The Bertz CT molecular complexity index is 243. The van der Waals surface area contributed by atoms with Gasteiger partial charge in [-0.05, 0) is 0 Å². The summed E-state index contributed by atoms with van der Waals surface area (Å²) in [5, 5.41) is 0. The Labute approximate surface area is 119 Å². The summed E-state index contributed by atoms with van der Waals surface area (Å²) in [5.41, 5.74) is 0.826. The molecule has 0 aromatic heterocycles. The van der Waals surface area contributed by atoms with Crippen molar-refractivity contribution in [1.82, 2.24) is 0 Å². The van der Waals surface area contributed by atoms with Crippen LogP contribution in [0.4, 0.5) is 12.9 Å². The van der Waals surface area contributed by atoms with Crippen molar-refractivity contribution in [3.63, 3.8) is 0 Å². The van der Waals surface area contributed by atoms with Gasteiger partial charge in [0.15, 0.2) is 0 Å². The fourth-order valence-corrected chi connectivity index (χ4v) is 0.521. The SMILES string of the molecule is FB(F)F.[C-]#Cc1ccccc1.[K+]. The van der Waals surface area contributed by atoms with Crippen molar-refractivity contribution >= 4 is 7.54 Å². The third-order valence-electron chi connectivity index (χ3n) is 0.918. The molecule has 1 rings (SSSR count). The Morgan fingerprint density at radius 2 is 1.46 bits per heavy atom. The maximum atomic E-state index is 9.67. The summed E-state index contributed by atoms with van der Waals surface area (Å²) in [7, 11) is -3.67. The molecule has 0 bridgehead atoms. The van der Waals surface area contributed by atoms with E-state index < -0.39 is 7.54 Å². The zero-order valence-electron chi connectivity index (χ0n) is 7.10. The van der Waals surface area contributed by atoms with Gasteiger partial charge in [-0.1, -0.05) is 18.2 Å². The minimum atomic E-state index is -3.67. The molecule has 0 aliphatic heterocycles. The summed E-state index contributed by atoms with van der Waals surface area (Å²) in [5.74, 6) is 2.28. The molecule has 0 saturated carbocycles. The molecule has 62 valence electrons. The molecule has 0 amide bonds. The van der Waals surface area contributed by atoms with E-state index in [1.807, 2.05) is 30.3 Å². The van der Waals surface area contributed by atoms with E-state index in [0.29, 0.717) is 0 Å². The van der Waals surface area contributed by atoms with Crippen LogP contribution in [0.15, 0.2) is 30.3 Å². The van der Waals surface area contributed by atoms with Crippen molar-refractivity contribution < 1.29 is 64.3 Å². The topological polar surface area (TPSA) is 0 Å². The monoisotopic (exact) mass is 208 g/mol. The van der Waals surface area contributed by atoms with Gasteiger partial charge in [0.1, 0.15) is 0 Å². The second-order valence-electron chi connectivity index (χ2n) is 1.74. The molecule has 0 nitrogen and oxygen atoms in total. The van der Waals surface area contributed by atoms with E-state index in [9.17, 15) is 12.9 Å². The van der Waals surface area contributed by atoms with E-state index in [-0.39, 0.29) is 51.4 Å². The summed E-state index contributed by atoms with van der Waals surface area (Å²) >= 11 is 0. The normalized spacial score (nSPS) is 6.92. The molecule has 0 fully saturated rings. The van der Waals surface area contributed by atoms with Gasteiger partial charge in [-0.2, -0.15) is 0 Å². The van der Waals surface area contributed by atoms with E-state index in [1.54, 1.807) is 0 Å². The van der Waals surface area contributed by atoms with Crippen LogP contribution < -0.4 is 51.4 Å². The van der Waals surface area contributed by atoms with Gasteiger partial charge >= 0.3 is 58.9 Å². The van der Waals surface area contributed by atoms with Crippen LogP contribution in [0.1, 0.15) is 5.56 Å². The number of rotatable bonds is 0. The van der Waals surface area contributed by atoms with Crippen LogP contribution in [0.2, 0.25) is 0 Å². The summed E-state index contributed by atoms with van der Waals surface area (Å²) < 4.78 is 29.0. The molecular weight excluding hydrogens is 203 g/mol. The van der Waals surface area contributed by atoms with Gasteiger partial charge in [0.05, 0.1) is 0 Å². The van der Waals surface area contributed by atoms with Gasteiger partial charge in [-0.25, -0.2) is 0 Å². The van der Waals surface area contributed by atoms with E-state index in [2.05, 4.69) is 5.92 Å². The molecule has 0 saturated heterocycles. The zero-order chi connectivity index (χ0) is 9.40. The summed E-state index contributed by atoms with van der Waals surface area (Å²) in [6, 6.07) is 9.37. The summed E-state index contributed by atoms with van der Waals surface area (Å²) in [6.07, 6.45) is 6.69. The van der Waals surface area contributed by atoms with Crippen molar-refractivity contribution in [2.45, 2.75) is 0 Å². The van der Waals surface area contributed by atoms with E-state index in [0.717, 1.165) is 5.56 Å². The second-order valence-corrected chi connectivity index (χ2v) is 1.74. The quantitative estimate of drug-likeness (QED) is 0.306. The first-order chi connectivity index (χ1) is 5.66. The van der Waals surface area contributed by atoms with Crippen molar-refractivity contribution in [1.29, 1.82) is 0 Å². The Kier molecular flexibility index (Phi) is 12.5. The first kappa shape index (κ1) is 15.7. The maximum Gasteiger partial charge on any atom is 1.00 e. The van der Waals surface area contributed by atoms with Crippen LogP contribution >= 0.6 is 0 Å². The minimum Gasteiger partial charge on any atom is -0.366 e. The van der Waals surface area contributed by atoms with Crippen molar-refractivity contribution in [3.8, 4) is 5.92 Å². The molecule has 13 heavy (non-hydrogen) atoms. The summed E-state index contributed by atoms with van der Waals surface area (Å²) in [4.78, 5) is 0. The third kappa shape index (κ3) is 12.3. The fraction of sp³-hybridized carbons (Fsp3) is 0. The van der Waals surface area contributed by atoms with Crippen molar-refractivity contribution in [3.05, 3.63) is 42.3 Å². The Morgan fingerprint density at radius 1 is 1.08 bits per heavy atom. The fourth-order valence-electron chi connectivity index (χ4n) is 0.521. The number of benzene rings is 1. The van der Waals surface area contributed by atoms with Crippen LogP contribution in [0, 0.1) is 12.3 Å². The second kappa shape index (κ2) is 10.4. The molecule has 0 N–H and O–H groups in total. The number of hydrogen-bond donors (Lipinski definition) is 0.